The van der Waals surface area contributed by atoms with Gasteiger partial charge in [0, 0.05) is 23.7 Å². The maximum absolute atomic E-state index is 12.8. The molecule has 3 rings (SSSR count). The van der Waals surface area contributed by atoms with E-state index in [2.05, 4.69) is 10.2 Å². The molecule has 2 N–H and O–H groups in total. The molecule has 2 aliphatic carbocycles. The van der Waals surface area contributed by atoms with Crippen LogP contribution >= 0.6 is 11.6 Å². The van der Waals surface area contributed by atoms with Gasteiger partial charge in [-0.2, -0.15) is 0 Å². The van der Waals surface area contributed by atoms with Crippen molar-refractivity contribution < 1.29 is 14.7 Å². The van der Waals surface area contributed by atoms with Gasteiger partial charge in [0.25, 0.3) is 0 Å². The van der Waals surface area contributed by atoms with Crippen LogP contribution in [-0.4, -0.2) is 47.1 Å². The molecule has 0 heterocycles. The van der Waals surface area contributed by atoms with Gasteiger partial charge in [0.2, 0.25) is 5.91 Å². The summed E-state index contributed by atoms with van der Waals surface area (Å²) in [6, 6.07) is 7.77. The Bertz CT molecular complexity index is 681. The highest BCUT2D eigenvalue weighted by Crippen LogP contribution is 2.34. The summed E-state index contributed by atoms with van der Waals surface area (Å²) >= 11 is 6.06. The van der Waals surface area contributed by atoms with E-state index in [-0.39, 0.29) is 24.5 Å². The number of hydrogen-bond acceptors (Lipinski definition) is 3. The molecule has 0 aliphatic heterocycles. The molecule has 0 atom stereocenters. The van der Waals surface area contributed by atoms with Crippen LogP contribution < -0.4 is 5.32 Å². The molecule has 0 spiro atoms. The molecule has 142 valence electrons. The zero-order chi connectivity index (χ0) is 18.9. The van der Waals surface area contributed by atoms with Gasteiger partial charge in [0.05, 0.1) is 12.0 Å². The maximum Gasteiger partial charge on any atom is 0.317 e. The van der Waals surface area contributed by atoms with E-state index >= 15 is 0 Å². The second kappa shape index (κ2) is 7.57. The largest absolute Gasteiger partial charge is 0.480 e. The highest BCUT2D eigenvalue weighted by molar-refractivity contribution is 6.30. The molecule has 1 amide bonds. The molecule has 26 heavy (non-hydrogen) atoms. The van der Waals surface area contributed by atoms with Crippen LogP contribution in [0.4, 0.5) is 0 Å². The summed E-state index contributed by atoms with van der Waals surface area (Å²) in [5.41, 5.74) is 0.227. The van der Waals surface area contributed by atoms with E-state index in [4.69, 9.17) is 16.7 Å². The number of hydrogen-bond donors (Lipinski definition) is 2. The summed E-state index contributed by atoms with van der Waals surface area (Å²) in [6.45, 7) is 4.75. The lowest BCUT2D eigenvalue weighted by atomic mass is 9.81. The van der Waals surface area contributed by atoms with Crippen molar-refractivity contribution in [3.8, 4) is 0 Å². The van der Waals surface area contributed by atoms with Crippen molar-refractivity contribution in [2.75, 3.05) is 13.1 Å². The van der Waals surface area contributed by atoms with Crippen molar-refractivity contribution in [3.05, 3.63) is 34.9 Å². The van der Waals surface area contributed by atoms with Crippen molar-refractivity contribution in [2.24, 2.45) is 5.92 Å². The zero-order valence-electron chi connectivity index (χ0n) is 15.4. The van der Waals surface area contributed by atoms with Gasteiger partial charge >= 0.3 is 5.97 Å². The van der Waals surface area contributed by atoms with Crippen LogP contribution in [0.15, 0.2) is 24.3 Å². The molecule has 6 heteroatoms. The zero-order valence-corrected chi connectivity index (χ0v) is 16.1. The van der Waals surface area contributed by atoms with Gasteiger partial charge in [-0.25, -0.2) is 0 Å². The number of aliphatic carboxylic acids is 1. The Morgan fingerprint density at radius 2 is 2.00 bits per heavy atom. The minimum atomic E-state index is -0.778. The highest BCUT2D eigenvalue weighted by Gasteiger charge is 2.40. The lowest BCUT2D eigenvalue weighted by Gasteiger charge is -2.43. The van der Waals surface area contributed by atoms with Crippen molar-refractivity contribution in [1.82, 2.24) is 10.2 Å². The number of carbonyl (C=O) groups is 2. The van der Waals surface area contributed by atoms with E-state index < -0.39 is 11.4 Å². The molecule has 0 unspecified atom stereocenters. The Labute approximate surface area is 159 Å². The first-order valence-electron chi connectivity index (χ1n) is 9.28. The van der Waals surface area contributed by atoms with E-state index in [1.54, 1.807) is 6.07 Å². The Kier molecular flexibility index (Phi) is 5.58. The van der Waals surface area contributed by atoms with Gasteiger partial charge in [0.1, 0.15) is 0 Å². The van der Waals surface area contributed by atoms with Crippen LogP contribution in [0.5, 0.6) is 0 Å². The molecule has 2 fully saturated rings. The number of rotatable bonds is 8. The number of carbonyl (C=O) groups excluding carboxylic acids is 1. The van der Waals surface area contributed by atoms with E-state index in [0.29, 0.717) is 10.9 Å². The number of nitrogens with one attached hydrogen (secondary N) is 1. The molecular weight excluding hydrogens is 352 g/mol. The Morgan fingerprint density at radius 1 is 1.31 bits per heavy atom. The Hall–Kier alpha value is -1.59. The molecule has 1 aromatic rings. The van der Waals surface area contributed by atoms with Gasteiger partial charge < -0.3 is 10.4 Å². The summed E-state index contributed by atoms with van der Waals surface area (Å²) in [5, 5.41) is 12.9. The third-order valence-electron chi connectivity index (χ3n) is 5.61. The average molecular weight is 379 g/mol. The van der Waals surface area contributed by atoms with Gasteiger partial charge in [-0.05, 0) is 63.1 Å². The molecule has 5 nitrogen and oxygen atoms in total. The normalized spacial score (nSPS) is 22.8. The molecule has 0 bridgehead atoms. The predicted octanol–water partition coefficient (Wildman–Crippen LogP) is 3.06. The topological polar surface area (TPSA) is 69.6 Å². The summed E-state index contributed by atoms with van der Waals surface area (Å²) in [6.07, 6.45) is 4.04. The molecule has 1 aromatic carbocycles. The van der Waals surface area contributed by atoms with Gasteiger partial charge in [-0.1, -0.05) is 23.7 Å². The highest BCUT2D eigenvalue weighted by atomic mass is 35.5. The molecule has 2 saturated carbocycles. The van der Waals surface area contributed by atoms with Crippen LogP contribution in [0.1, 0.15) is 45.1 Å². The van der Waals surface area contributed by atoms with E-state index in [9.17, 15) is 9.59 Å². The first kappa shape index (κ1) is 19.2. The fourth-order valence-electron chi connectivity index (χ4n) is 3.53. The second-order valence-electron chi connectivity index (χ2n) is 8.20. The average Bonchev–Trinajstić information content (AvgIpc) is 3.33. The quantitative estimate of drug-likeness (QED) is 0.729. The second-order valence-corrected chi connectivity index (χ2v) is 8.63. The number of halogens is 1. The molecule has 0 radical (unpaired) electrons. The van der Waals surface area contributed by atoms with Crippen molar-refractivity contribution >= 4 is 23.5 Å². The first-order valence-corrected chi connectivity index (χ1v) is 9.66. The maximum atomic E-state index is 12.8. The third-order valence-corrected chi connectivity index (χ3v) is 5.84. The van der Waals surface area contributed by atoms with Gasteiger partial charge in [-0.3, -0.25) is 14.5 Å². The van der Waals surface area contributed by atoms with E-state index in [0.717, 1.165) is 24.9 Å². The number of benzene rings is 1. The molecule has 0 aromatic heterocycles. The summed E-state index contributed by atoms with van der Waals surface area (Å²) in [4.78, 5) is 25.9. The number of nitrogens with zero attached hydrogens (tertiary/aromatic N) is 1. The van der Waals surface area contributed by atoms with Crippen LogP contribution in [0, 0.1) is 5.92 Å². The third kappa shape index (κ3) is 4.57. The van der Waals surface area contributed by atoms with Crippen molar-refractivity contribution in [3.63, 3.8) is 0 Å². The van der Waals surface area contributed by atoms with Crippen LogP contribution in [0.3, 0.4) is 0 Å². The smallest absolute Gasteiger partial charge is 0.317 e. The van der Waals surface area contributed by atoms with Crippen molar-refractivity contribution in [2.45, 2.75) is 57.0 Å². The van der Waals surface area contributed by atoms with Crippen LogP contribution in [-0.2, 0) is 15.0 Å². The van der Waals surface area contributed by atoms with Crippen LogP contribution in [0.25, 0.3) is 0 Å². The van der Waals surface area contributed by atoms with Gasteiger partial charge in [-0.15, -0.1) is 0 Å². The monoisotopic (exact) mass is 378 g/mol. The molecule has 2 aliphatic rings. The Morgan fingerprint density at radius 3 is 2.58 bits per heavy atom. The fourth-order valence-corrected chi connectivity index (χ4v) is 3.72. The summed E-state index contributed by atoms with van der Waals surface area (Å²) in [5.74, 6) is -0.139. The fraction of sp³-hybridized carbons (Fsp3) is 0.600. The van der Waals surface area contributed by atoms with Crippen LogP contribution in [0.2, 0.25) is 5.02 Å². The lowest BCUT2D eigenvalue weighted by Crippen LogP contribution is -2.57. The van der Waals surface area contributed by atoms with Gasteiger partial charge in [0.15, 0.2) is 0 Å². The number of amides is 1. The summed E-state index contributed by atoms with van der Waals surface area (Å²) in [7, 11) is 0. The lowest BCUT2D eigenvalue weighted by molar-refractivity contribution is -0.140. The number of carboxylic acid groups (broad SMARTS) is 1. The van der Waals surface area contributed by atoms with Crippen molar-refractivity contribution in [1.29, 1.82) is 0 Å². The first-order chi connectivity index (χ1) is 12.3. The number of carboxylic acids is 1. The molecular formula is C20H27ClN2O3. The summed E-state index contributed by atoms with van der Waals surface area (Å²) < 4.78 is 0. The predicted molar refractivity (Wildman–Crippen MR) is 101 cm³/mol. The van der Waals surface area contributed by atoms with E-state index in [1.807, 2.05) is 32.0 Å². The SMILES string of the molecule is CC(C)(C(=O)NC1CC(N(CC(=O)O)CC2CC2)C1)c1cccc(Cl)c1. The molecule has 0 saturated heterocycles. The minimum absolute atomic E-state index is 0.0183. The standard InChI is InChI=1S/C20H27ClN2O3/c1-20(2,14-4-3-5-15(21)8-14)19(26)22-16-9-17(10-16)23(12-18(24)25)11-13-6-7-13/h3-5,8,13,16-17H,6-7,9-12H2,1-2H3,(H,22,26)(H,24,25). The minimum Gasteiger partial charge on any atom is -0.480 e. The van der Waals surface area contributed by atoms with E-state index in [1.165, 1.54) is 12.8 Å². The Balaban J connectivity index is 1.53.